The van der Waals surface area contributed by atoms with Crippen LogP contribution in [0.5, 0.6) is 0 Å². The van der Waals surface area contributed by atoms with Crippen LogP contribution in [0.25, 0.3) is 0 Å². The monoisotopic (exact) mass is 458 g/mol. The highest BCUT2D eigenvalue weighted by molar-refractivity contribution is 7.89. The molecule has 2 rings (SSSR count). The highest BCUT2D eigenvalue weighted by Crippen LogP contribution is 2.21. The zero-order valence-corrected chi connectivity index (χ0v) is 18.1. The Labute approximate surface area is 179 Å². The van der Waals surface area contributed by atoms with Crippen molar-refractivity contribution in [2.75, 3.05) is 25.0 Å². The van der Waals surface area contributed by atoms with Crippen molar-refractivity contribution < 1.29 is 22.7 Å². The Morgan fingerprint density at radius 1 is 1.03 bits per heavy atom. The van der Waals surface area contributed by atoms with E-state index in [0.717, 1.165) is 0 Å². The second kappa shape index (κ2) is 10.1. The molecule has 0 aliphatic rings. The van der Waals surface area contributed by atoms with Gasteiger partial charge in [0.15, 0.2) is 6.61 Å². The number of esters is 1. The van der Waals surface area contributed by atoms with Crippen LogP contribution in [-0.4, -0.2) is 44.3 Å². The van der Waals surface area contributed by atoms with Crippen LogP contribution in [0.2, 0.25) is 10.0 Å². The molecule has 2 aromatic rings. The maximum absolute atomic E-state index is 12.5. The second-order valence-electron chi connectivity index (χ2n) is 5.86. The number of ether oxygens (including phenoxy) is 1. The van der Waals surface area contributed by atoms with Gasteiger partial charge in [-0.15, -0.1) is 0 Å². The fraction of sp³-hybridized carbons (Fsp3) is 0.263. The molecule has 0 radical (unpaired) electrons. The quantitative estimate of drug-likeness (QED) is 0.606. The molecule has 0 aromatic heterocycles. The fourth-order valence-electron chi connectivity index (χ4n) is 2.48. The van der Waals surface area contributed by atoms with Crippen LogP contribution < -0.4 is 5.32 Å². The number of rotatable bonds is 8. The smallest absolute Gasteiger partial charge is 0.340 e. The van der Waals surface area contributed by atoms with Gasteiger partial charge < -0.3 is 10.1 Å². The predicted octanol–water partition coefficient (Wildman–Crippen LogP) is 3.82. The molecule has 0 spiro atoms. The molecule has 29 heavy (non-hydrogen) atoms. The van der Waals surface area contributed by atoms with Gasteiger partial charge >= 0.3 is 5.97 Å². The first-order valence-electron chi connectivity index (χ1n) is 8.71. The molecule has 0 heterocycles. The highest BCUT2D eigenvalue weighted by atomic mass is 35.5. The van der Waals surface area contributed by atoms with Crippen molar-refractivity contribution >= 4 is 50.8 Å². The first-order valence-corrected chi connectivity index (χ1v) is 10.9. The van der Waals surface area contributed by atoms with E-state index >= 15 is 0 Å². The van der Waals surface area contributed by atoms with Crippen molar-refractivity contribution in [1.29, 1.82) is 0 Å². The molecule has 0 saturated carbocycles. The maximum atomic E-state index is 12.5. The van der Waals surface area contributed by atoms with Gasteiger partial charge in [0.25, 0.3) is 5.91 Å². The lowest BCUT2D eigenvalue weighted by molar-refractivity contribution is -0.119. The Morgan fingerprint density at radius 2 is 1.66 bits per heavy atom. The molecule has 1 amide bonds. The van der Waals surface area contributed by atoms with Gasteiger partial charge in [0, 0.05) is 23.8 Å². The summed E-state index contributed by atoms with van der Waals surface area (Å²) in [6, 6.07) is 10.1. The molecule has 0 unspecified atom stereocenters. The summed E-state index contributed by atoms with van der Waals surface area (Å²) in [4.78, 5) is 24.2. The molecule has 156 valence electrons. The van der Waals surface area contributed by atoms with E-state index in [1.165, 1.54) is 46.8 Å². The van der Waals surface area contributed by atoms with E-state index in [2.05, 4.69) is 5.32 Å². The summed E-state index contributed by atoms with van der Waals surface area (Å²) < 4.78 is 31.2. The van der Waals surface area contributed by atoms with Gasteiger partial charge in [0.1, 0.15) is 0 Å². The average Bonchev–Trinajstić information content (AvgIpc) is 2.69. The number of anilines is 1. The molecule has 0 fully saturated rings. The largest absolute Gasteiger partial charge is 0.452 e. The molecule has 7 nitrogen and oxygen atoms in total. The number of nitrogens with one attached hydrogen (secondary N) is 1. The van der Waals surface area contributed by atoms with E-state index in [1.807, 2.05) is 0 Å². The molecule has 0 atom stereocenters. The molecule has 0 aliphatic carbocycles. The second-order valence-corrected chi connectivity index (χ2v) is 8.64. The Hall–Kier alpha value is -2.13. The third-order valence-electron chi connectivity index (χ3n) is 3.96. The first kappa shape index (κ1) is 23.2. The number of nitrogens with zero attached hydrogens (tertiary/aromatic N) is 1. The lowest BCUT2D eigenvalue weighted by atomic mass is 10.2. The number of carbonyl (C=O) groups excluding carboxylic acids is 2. The molecule has 2 aromatic carbocycles. The van der Waals surface area contributed by atoms with Crippen LogP contribution in [-0.2, 0) is 19.6 Å². The third-order valence-corrected chi connectivity index (χ3v) is 6.59. The van der Waals surface area contributed by atoms with Crippen LogP contribution in [0.3, 0.4) is 0 Å². The fourth-order valence-corrected chi connectivity index (χ4v) is 4.31. The van der Waals surface area contributed by atoms with Gasteiger partial charge in [0.05, 0.1) is 15.5 Å². The number of benzene rings is 2. The Kier molecular flexibility index (Phi) is 8.04. The van der Waals surface area contributed by atoms with Crippen molar-refractivity contribution in [3.8, 4) is 0 Å². The SMILES string of the molecule is CCN(CC)S(=O)(=O)c1ccc(NC(=O)COC(=O)c2cc(Cl)ccc2Cl)cc1. The van der Waals surface area contributed by atoms with Gasteiger partial charge in [0.2, 0.25) is 10.0 Å². The number of sulfonamides is 1. The van der Waals surface area contributed by atoms with Crippen LogP contribution in [0.1, 0.15) is 24.2 Å². The van der Waals surface area contributed by atoms with Gasteiger partial charge in [-0.1, -0.05) is 37.0 Å². The lowest BCUT2D eigenvalue weighted by Crippen LogP contribution is -2.30. The Bertz CT molecular complexity index is 990. The average molecular weight is 459 g/mol. The highest BCUT2D eigenvalue weighted by Gasteiger charge is 2.21. The zero-order chi connectivity index (χ0) is 21.6. The topological polar surface area (TPSA) is 92.8 Å². The minimum Gasteiger partial charge on any atom is -0.452 e. The van der Waals surface area contributed by atoms with Gasteiger partial charge in [-0.05, 0) is 42.5 Å². The van der Waals surface area contributed by atoms with Crippen molar-refractivity contribution in [2.45, 2.75) is 18.7 Å². The number of hydrogen-bond donors (Lipinski definition) is 1. The number of amides is 1. The van der Waals surface area contributed by atoms with Crippen LogP contribution in [0.15, 0.2) is 47.4 Å². The molecule has 0 saturated heterocycles. The summed E-state index contributed by atoms with van der Waals surface area (Å²) >= 11 is 11.7. The molecule has 1 N–H and O–H groups in total. The van der Waals surface area contributed by atoms with Crippen LogP contribution in [0, 0.1) is 0 Å². The number of halogens is 2. The number of carbonyl (C=O) groups is 2. The van der Waals surface area contributed by atoms with Crippen molar-refractivity contribution in [2.24, 2.45) is 0 Å². The maximum Gasteiger partial charge on any atom is 0.340 e. The van der Waals surface area contributed by atoms with Crippen LogP contribution >= 0.6 is 23.2 Å². The number of hydrogen-bond acceptors (Lipinski definition) is 5. The minimum atomic E-state index is -3.58. The molecule has 0 bridgehead atoms. The van der Waals surface area contributed by atoms with E-state index in [0.29, 0.717) is 23.8 Å². The van der Waals surface area contributed by atoms with E-state index in [9.17, 15) is 18.0 Å². The van der Waals surface area contributed by atoms with E-state index in [-0.39, 0.29) is 15.5 Å². The van der Waals surface area contributed by atoms with Crippen molar-refractivity contribution in [1.82, 2.24) is 4.31 Å². The molecular formula is C19H20Cl2N2O5S. The summed E-state index contributed by atoms with van der Waals surface area (Å²) in [5.74, 6) is -1.37. The van der Waals surface area contributed by atoms with Crippen molar-refractivity contribution in [3.05, 3.63) is 58.1 Å². The summed E-state index contributed by atoms with van der Waals surface area (Å²) in [6.45, 7) is 3.70. The van der Waals surface area contributed by atoms with Gasteiger partial charge in [-0.25, -0.2) is 13.2 Å². The summed E-state index contributed by atoms with van der Waals surface area (Å²) in [6.07, 6.45) is 0. The summed E-state index contributed by atoms with van der Waals surface area (Å²) in [7, 11) is -3.58. The van der Waals surface area contributed by atoms with Gasteiger partial charge in [-0.2, -0.15) is 4.31 Å². The normalized spacial score (nSPS) is 11.3. The first-order chi connectivity index (χ1) is 13.7. The molecule has 10 heteroatoms. The molecular weight excluding hydrogens is 439 g/mol. The lowest BCUT2D eigenvalue weighted by Gasteiger charge is -2.18. The summed E-state index contributed by atoms with van der Waals surface area (Å²) in [5, 5.41) is 2.99. The third kappa shape index (κ3) is 5.93. The standard InChI is InChI=1S/C19H20Cl2N2O5S/c1-3-23(4-2)29(26,27)15-8-6-14(7-9-15)22-18(24)12-28-19(25)16-11-13(20)5-10-17(16)21/h5-11H,3-4,12H2,1-2H3,(H,22,24). The van der Waals surface area contributed by atoms with Crippen molar-refractivity contribution in [3.63, 3.8) is 0 Å². The summed E-state index contributed by atoms with van der Waals surface area (Å²) in [5.41, 5.74) is 0.420. The minimum absolute atomic E-state index is 0.0536. The zero-order valence-electron chi connectivity index (χ0n) is 15.8. The van der Waals surface area contributed by atoms with E-state index < -0.39 is 28.5 Å². The van der Waals surface area contributed by atoms with E-state index in [4.69, 9.17) is 27.9 Å². The molecule has 0 aliphatic heterocycles. The predicted molar refractivity (Wildman–Crippen MR) is 112 cm³/mol. The van der Waals surface area contributed by atoms with E-state index in [1.54, 1.807) is 13.8 Å². The van der Waals surface area contributed by atoms with Crippen LogP contribution in [0.4, 0.5) is 5.69 Å². The van der Waals surface area contributed by atoms with Gasteiger partial charge in [-0.3, -0.25) is 4.79 Å². The Morgan fingerprint density at radius 3 is 2.24 bits per heavy atom. The Balaban J connectivity index is 1.97.